The topological polar surface area (TPSA) is 179 Å². The van der Waals surface area contributed by atoms with E-state index in [2.05, 4.69) is 20.5 Å². The summed E-state index contributed by atoms with van der Waals surface area (Å²) in [5.41, 5.74) is -3.74. The molecular formula is C22H31FN5O9P. The standard InChI is InChI=1S/C22H31FN5O9P/c1-4-22(23)19(31)15(37-20(22)28-10-9-16(27-21(28)32)26-14-7-8-14)13-36-38(33,24-11-17(29)34-5-2)25-12-18(30)35-6-3/h1,9-10,14-15,19-20,31H,5-8,11-13H2,2-3H3,(H2,24,25,33)(H,26,27,32)/t15-,19-,20-,22-/m1/s1. The minimum atomic E-state index is -4.18. The van der Waals surface area contributed by atoms with Gasteiger partial charge < -0.3 is 29.2 Å². The molecule has 16 heteroatoms. The van der Waals surface area contributed by atoms with Gasteiger partial charge in [0.1, 0.15) is 31.1 Å². The number of alkyl halides is 1. The van der Waals surface area contributed by atoms with Crippen molar-refractivity contribution in [1.82, 2.24) is 19.7 Å². The predicted octanol–water partition coefficient (Wildman–Crippen LogP) is -0.152. The number of hydrogen-bond acceptors (Lipinski definition) is 11. The van der Waals surface area contributed by atoms with Gasteiger partial charge in [0.05, 0.1) is 19.8 Å². The van der Waals surface area contributed by atoms with E-state index in [4.69, 9.17) is 25.2 Å². The maximum atomic E-state index is 15.7. The van der Waals surface area contributed by atoms with Crippen LogP contribution in [0, 0.1) is 12.3 Å². The highest BCUT2D eigenvalue weighted by atomic mass is 31.2. The number of carbonyl (C=O) groups excluding carboxylic acids is 2. The van der Waals surface area contributed by atoms with Gasteiger partial charge in [0.25, 0.3) is 0 Å². The van der Waals surface area contributed by atoms with Crippen molar-refractivity contribution in [3.05, 3.63) is 22.7 Å². The Morgan fingerprint density at radius 1 is 1.29 bits per heavy atom. The molecule has 2 fully saturated rings. The number of hydrogen-bond donors (Lipinski definition) is 4. The van der Waals surface area contributed by atoms with Crippen LogP contribution in [0.4, 0.5) is 10.2 Å². The summed E-state index contributed by atoms with van der Waals surface area (Å²) in [5.74, 6) is 0.627. The van der Waals surface area contributed by atoms with Crippen LogP contribution < -0.4 is 21.2 Å². The summed E-state index contributed by atoms with van der Waals surface area (Å²) in [6.45, 7) is 1.47. The Kier molecular flexibility index (Phi) is 10.00. The third kappa shape index (κ3) is 7.37. The number of anilines is 1. The largest absolute Gasteiger partial charge is 0.465 e. The fourth-order valence-corrected chi connectivity index (χ4v) is 4.83. The molecular weight excluding hydrogens is 528 g/mol. The van der Waals surface area contributed by atoms with Gasteiger partial charge in [0, 0.05) is 12.2 Å². The van der Waals surface area contributed by atoms with Crippen molar-refractivity contribution in [2.45, 2.75) is 56.8 Å². The molecule has 0 bridgehead atoms. The van der Waals surface area contributed by atoms with Gasteiger partial charge in [-0.3, -0.25) is 18.7 Å². The van der Waals surface area contributed by atoms with E-state index in [1.165, 1.54) is 12.3 Å². The average molecular weight is 559 g/mol. The van der Waals surface area contributed by atoms with Crippen molar-refractivity contribution in [1.29, 1.82) is 0 Å². The molecule has 0 spiro atoms. The number of nitrogens with one attached hydrogen (secondary N) is 3. The first-order chi connectivity index (χ1) is 18.0. The molecule has 2 aliphatic rings. The summed E-state index contributed by atoms with van der Waals surface area (Å²) in [6.07, 6.45) is 3.22. The quantitative estimate of drug-likeness (QED) is 0.134. The Bertz CT molecular complexity index is 1130. The van der Waals surface area contributed by atoms with Gasteiger partial charge in [-0.2, -0.15) is 4.98 Å². The molecule has 1 saturated heterocycles. The van der Waals surface area contributed by atoms with E-state index in [9.17, 15) is 24.1 Å². The lowest BCUT2D eigenvalue weighted by Crippen LogP contribution is -2.44. The van der Waals surface area contributed by atoms with Crippen LogP contribution in [0.25, 0.3) is 0 Å². The zero-order chi connectivity index (χ0) is 27.9. The van der Waals surface area contributed by atoms with E-state index in [-0.39, 0.29) is 19.3 Å². The molecule has 1 aliphatic heterocycles. The van der Waals surface area contributed by atoms with E-state index < -0.39 is 69.1 Å². The van der Waals surface area contributed by atoms with E-state index >= 15 is 4.39 Å². The molecule has 0 unspecified atom stereocenters. The summed E-state index contributed by atoms with van der Waals surface area (Å²) in [4.78, 5) is 39.9. The number of aliphatic hydroxyl groups excluding tert-OH is 1. The van der Waals surface area contributed by atoms with Gasteiger partial charge in [-0.15, -0.1) is 6.42 Å². The number of aromatic nitrogens is 2. The lowest BCUT2D eigenvalue weighted by Gasteiger charge is -2.24. The number of carbonyl (C=O) groups is 2. The van der Waals surface area contributed by atoms with Gasteiger partial charge in [-0.25, -0.2) is 19.4 Å². The summed E-state index contributed by atoms with van der Waals surface area (Å²) in [5, 5.41) is 18.3. The van der Waals surface area contributed by atoms with Crippen molar-refractivity contribution >= 4 is 25.4 Å². The molecule has 210 valence electrons. The molecule has 1 aromatic rings. The molecule has 0 aromatic carbocycles. The zero-order valence-corrected chi connectivity index (χ0v) is 21.8. The monoisotopic (exact) mass is 559 g/mol. The molecule has 4 N–H and O–H groups in total. The van der Waals surface area contributed by atoms with Crippen LogP contribution in [0.5, 0.6) is 0 Å². The van der Waals surface area contributed by atoms with Crippen molar-refractivity contribution in [3.63, 3.8) is 0 Å². The highest BCUT2D eigenvalue weighted by Crippen LogP contribution is 2.43. The molecule has 1 aliphatic carbocycles. The highest BCUT2D eigenvalue weighted by molar-refractivity contribution is 7.54. The fraction of sp³-hybridized carbons (Fsp3) is 0.636. The van der Waals surface area contributed by atoms with E-state index in [0.717, 1.165) is 17.4 Å². The number of ether oxygens (including phenoxy) is 3. The predicted molar refractivity (Wildman–Crippen MR) is 131 cm³/mol. The third-order valence-corrected chi connectivity index (χ3v) is 7.23. The SMILES string of the molecule is C#C[C@@]1(F)[C@H](O)[C@@H](COP(=O)(NCC(=O)OCC)NCC(=O)OCC)O[C@H]1n1ccc(NC2CC2)nc1=O. The van der Waals surface area contributed by atoms with Crippen LogP contribution in [0.15, 0.2) is 17.1 Å². The number of nitrogens with zero attached hydrogens (tertiary/aromatic N) is 2. The second-order valence-corrected chi connectivity index (χ2v) is 10.4. The number of terminal acetylenes is 1. The molecule has 2 heterocycles. The Balaban J connectivity index is 1.73. The number of aliphatic hydroxyl groups is 1. The van der Waals surface area contributed by atoms with Gasteiger partial charge >= 0.3 is 25.3 Å². The van der Waals surface area contributed by atoms with Crippen molar-refractivity contribution in [3.8, 4) is 12.3 Å². The van der Waals surface area contributed by atoms with Crippen molar-refractivity contribution in [2.75, 3.05) is 38.2 Å². The van der Waals surface area contributed by atoms with E-state index in [1.807, 2.05) is 5.92 Å². The smallest absolute Gasteiger partial charge is 0.351 e. The maximum absolute atomic E-state index is 15.7. The van der Waals surface area contributed by atoms with Crippen molar-refractivity contribution < 1.29 is 42.4 Å². The Morgan fingerprint density at radius 3 is 2.39 bits per heavy atom. The lowest BCUT2D eigenvalue weighted by atomic mass is 9.97. The molecule has 38 heavy (non-hydrogen) atoms. The lowest BCUT2D eigenvalue weighted by molar-refractivity contribution is -0.142. The van der Waals surface area contributed by atoms with E-state index in [0.29, 0.717) is 5.82 Å². The van der Waals surface area contributed by atoms with Gasteiger partial charge in [0.2, 0.25) is 5.67 Å². The fourth-order valence-electron chi connectivity index (χ4n) is 3.51. The summed E-state index contributed by atoms with van der Waals surface area (Å²) >= 11 is 0. The Labute approximate surface area is 218 Å². The van der Waals surface area contributed by atoms with Gasteiger partial charge in [-0.05, 0) is 32.8 Å². The minimum Gasteiger partial charge on any atom is -0.465 e. The van der Waals surface area contributed by atoms with E-state index in [1.54, 1.807) is 13.8 Å². The number of esters is 2. The van der Waals surface area contributed by atoms with Crippen LogP contribution in [-0.4, -0.2) is 83.4 Å². The summed E-state index contributed by atoms with van der Waals surface area (Å²) in [6, 6.07) is 1.67. The molecule has 1 saturated carbocycles. The Morgan fingerprint density at radius 2 is 1.89 bits per heavy atom. The molecule has 0 radical (unpaired) electrons. The third-order valence-electron chi connectivity index (χ3n) is 5.57. The van der Waals surface area contributed by atoms with Crippen molar-refractivity contribution in [2.24, 2.45) is 0 Å². The molecule has 0 amide bonds. The first kappa shape index (κ1) is 29.7. The second-order valence-electron chi connectivity index (χ2n) is 8.43. The molecule has 14 nitrogen and oxygen atoms in total. The highest BCUT2D eigenvalue weighted by Gasteiger charge is 2.58. The van der Waals surface area contributed by atoms with Crippen LogP contribution in [0.1, 0.15) is 32.9 Å². The minimum absolute atomic E-state index is 0.0714. The first-order valence-corrected chi connectivity index (χ1v) is 13.6. The van der Waals surface area contributed by atoms with Gasteiger partial charge in [-0.1, -0.05) is 5.92 Å². The summed E-state index contributed by atoms with van der Waals surface area (Å²) in [7, 11) is -4.18. The van der Waals surface area contributed by atoms with Crippen LogP contribution in [-0.2, 0) is 32.9 Å². The van der Waals surface area contributed by atoms with Gasteiger partial charge in [0.15, 0.2) is 6.23 Å². The summed E-state index contributed by atoms with van der Waals surface area (Å²) < 4.78 is 50.2. The average Bonchev–Trinajstić information content (AvgIpc) is 3.66. The first-order valence-electron chi connectivity index (χ1n) is 12.0. The normalized spacial score (nSPS) is 25.0. The second kappa shape index (κ2) is 12.8. The maximum Gasteiger partial charge on any atom is 0.351 e. The number of halogens is 1. The number of rotatable bonds is 14. The molecule has 3 rings (SSSR count). The van der Waals surface area contributed by atoms with Crippen LogP contribution in [0.3, 0.4) is 0 Å². The molecule has 4 atom stereocenters. The van der Waals surface area contributed by atoms with Crippen LogP contribution >= 0.6 is 7.67 Å². The zero-order valence-electron chi connectivity index (χ0n) is 20.9. The van der Waals surface area contributed by atoms with Crippen LogP contribution in [0.2, 0.25) is 0 Å². The Hall–Kier alpha value is -2.86. The molecule has 1 aromatic heterocycles.